The molecule has 0 aromatic heterocycles. The first-order chi connectivity index (χ1) is 8.71. The Labute approximate surface area is 110 Å². The summed E-state index contributed by atoms with van der Waals surface area (Å²) in [6.07, 6.45) is 4.07. The third-order valence-corrected chi connectivity index (χ3v) is 3.11. The van der Waals surface area contributed by atoms with E-state index in [-0.39, 0.29) is 11.8 Å². The second-order valence-electron chi connectivity index (χ2n) is 4.47. The fourth-order valence-corrected chi connectivity index (χ4v) is 1.92. The van der Waals surface area contributed by atoms with Crippen LogP contribution in [0, 0.1) is 5.92 Å². The minimum atomic E-state index is 0.108. The largest absolute Gasteiger partial charge is 0.497 e. The van der Waals surface area contributed by atoms with Gasteiger partial charge in [0.15, 0.2) is 0 Å². The van der Waals surface area contributed by atoms with E-state index in [4.69, 9.17) is 4.74 Å². The maximum Gasteiger partial charge on any atom is 0.227 e. The van der Waals surface area contributed by atoms with E-state index in [1.807, 2.05) is 24.3 Å². The Morgan fingerprint density at radius 1 is 1.39 bits per heavy atom. The normalized spacial score (nSPS) is 11.9. The lowest BCUT2D eigenvalue weighted by atomic mass is 9.98. The lowest BCUT2D eigenvalue weighted by Gasteiger charge is -2.14. The maximum absolute atomic E-state index is 12.1. The van der Waals surface area contributed by atoms with Crippen LogP contribution in [-0.4, -0.2) is 13.0 Å². The molecule has 3 heteroatoms. The molecule has 0 bridgehead atoms. The van der Waals surface area contributed by atoms with E-state index in [0.29, 0.717) is 0 Å². The van der Waals surface area contributed by atoms with Crippen LogP contribution < -0.4 is 10.1 Å². The van der Waals surface area contributed by atoms with Gasteiger partial charge in [-0.05, 0) is 25.0 Å². The molecule has 1 unspecified atom stereocenters. The smallest absolute Gasteiger partial charge is 0.227 e. The number of carbonyl (C=O) groups excluding carboxylic acids is 1. The summed E-state index contributed by atoms with van der Waals surface area (Å²) in [4.78, 5) is 12.1. The molecule has 0 fully saturated rings. The number of rotatable bonds is 7. The van der Waals surface area contributed by atoms with Crippen molar-refractivity contribution >= 4 is 11.6 Å². The Balaban J connectivity index is 2.61. The second kappa shape index (κ2) is 7.75. The van der Waals surface area contributed by atoms with Gasteiger partial charge in [-0.3, -0.25) is 4.79 Å². The minimum Gasteiger partial charge on any atom is -0.497 e. The van der Waals surface area contributed by atoms with Crippen LogP contribution in [-0.2, 0) is 4.79 Å². The van der Waals surface area contributed by atoms with Crippen molar-refractivity contribution < 1.29 is 9.53 Å². The van der Waals surface area contributed by atoms with Crippen LogP contribution in [0.1, 0.15) is 39.5 Å². The molecule has 1 aromatic carbocycles. The van der Waals surface area contributed by atoms with E-state index in [9.17, 15) is 4.79 Å². The molecule has 3 nitrogen and oxygen atoms in total. The number of nitrogens with one attached hydrogen (secondary N) is 1. The van der Waals surface area contributed by atoms with Crippen molar-refractivity contribution in [3.63, 3.8) is 0 Å². The molecule has 18 heavy (non-hydrogen) atoms. The Morgan fingerprint density at radius 3 is 2.78 bits per heavy atom. The highest BCUT2D eigenvalue weighted by molar-refractivity contribution is 5.92. The number of methoxy groups -OCH3 is 1. The average molecular weight is 249 g/mol. The number of amides is 1. The molecule has 0 saturated carbocycles. The molecule has 0 radical (unpaired) electrons. The number of carbonyl (C=O) groups is 1. The summed E-state index contributed by atoms with van der Waals surface area (Å²) in [5.74, 6) is 0.977. The van der Waals surface area contributed by atoms with Crippen molar-refractivity contribution in [2.75, 3.05) is 12.4 Å². The standard InChI is InChI=1S/C15H23NO2/c1-4-6-8-12(5-2)15(17)16-13-9-7-10-14(11-13)18-3/h7,9-12H,4-6,8H2,1-3H3,(H,16,17). The quantitative estimate of drug-likeness (QED) is 0.797. The zero-order valence-corrected chi connectivity index (χ0v) is 11.5. The third-order valence-electron chi connectivity index (χ3n) is 3.11. The van der Waals surface area contributed by atoms with Gasteiger partial charge in [-0.1, -0.05) is 32.8 Å². The Kier molecular flexibility index (Phi) is 6.26. The van der Waals surface area contributed by atoms with Crippen LogP contribution in [0.2, 0.25) is 0 Å². The fraction of sp³-hybridized carbons (Fsp3) is 0.533. The molecule has 1 amide bonds. The van der Waals surface area contributed by atoms with Crippen LogP contribution in [0.15, 0.2) is 24.3 Å². The van der Waals surface area contributed by atoms with Crippen LogP contribution in [0.4, 0.5) is 5.69 Å². The SMILES string of the molecule is CCCCC(CC)C(=O)Nc1cccc(OC)c1. The van der Waals surface area contributed by atoms with Gasteiger partial charge in [0.2, 0.25) is 5.91 Å². The summed E-state index contributed by atoms with van der Waals surface area (Å²) in [7, 11) is 1.62. The molecule has 1 atom stereocenters. The van der Waals surface area contributed by atoms with Crippen LogP contribution in [0.5, 0.6) is 5.75 Å². The predicted molar refractivity (Wildman–Crippen MR) is 74.9 cm³/mol. The molecule has 1 N–H and O–H groups in total. The predicted octanol–water partition coefficient (Wildman–Crippen LogP) is 3.85. The minimum absolute atomic E-state index is 0.108. The van der Waals surface area contributed by atoms with Crippen molar-refractivity contribution in [1.29, 1.82) is 0 Å². The number of ether oxygens (including phenoxy) is 1. The summed E-state index contributed by atoms with van der Waals surface area (Å²) in [5.41, 5.74) is 0.800. The monoisotopic (exact) mass is 249 g/mol. The summed E-state index contributed by atoms with van der Waals surface area (Å²) >= 11 is 0. The van der Waals surface area contributed by atoms with E-state index in [0.717, 1.165) is 37.1 Å². The highest BCUT2D eigenvalue weighted by atomic mass is 16.5. The van der Waals surface area contributed by atoms with Crippen LogP contribution >= 0.6 is 0 Å². The van der Waals surface area contributed by atoms with Gasteiger partial charge < -0.3 is 10.1 Å². The van der Waals surface area contributed by atoms with E-state index in [1.54, 1.807) is 7.11 Å². The van der Waals surface area contributed by atoms with Crippen molar-refractivity contribution in [3.05, 3.63) is 24.3 Å². The number of hydrogen-bond acceptors (Lipinski definition) is 2. The molecule has 0 aliphatic heterocycles. The van der Waals surface area contributed by atoms with Crippen molar-refractivity contribution in [2.45, 2.75) is 39.5 Å². The van der Waals surface area contributed by atoms with Gasteiger partial charge in [-0.15, -0.1) is 0 Å². The number of unbranched alkanes of at least 4 members (excludes halogenated alkanes) is 1. The number of hydrogen-bond donors (Lipinski definition) is 1. The van der Waals surface area contributed by atoms with E-state index in [1.165, 1.54) is 0 Å². The van der Waals surface area contributed by atoms with Crippen LogP contribution in [0.25, 0.3) is 0 Å². The molecule has 0 aliphatic carbocycles. The van der Waals surface area contributed by atoms with Crippen molar-refractivity contribution in [2.24, 2.45) is 5.92 Å². The zero-order chi connectivity index (χ0) is 13.4. The highest BCUT2D eigenvalue weighted by Gasteiger charge is 2.15. The fourth-order valence-electron chi connectivity index (χ4n) is 1.92. The van der Waals surface area contributed by atoms with Crippen molar-refractivity contribution in [3.8, 4) is 5.75 Å². The van der Waals surface area contributed by atoms with E-state index >= 15 is 0 Å². The van der Waals surface area contributed by atoms with Gasteiger partial charge >= 0.3 is 0 Å². The zero-order valence-electron chi connectivity index (χ0n) is 11.5. The molecule has 1 aromatic rings. The molecule has 0 heterocycles. The van der Waals surface area contributed by atoms with Gasteiger partial charge in [0, 0.05) is 17.7 Å². The summed E-state index contributed by atoms with van der Waals surface area (Å²) < 4.78 is 5.14. The van der Waals surface area contributed by atoms with Crippen LogP contribution in [0.3, 0.4) is 0 Å². The Morgan fingerprint density at radius 2 is 2.17 bits per heavy atom. The van der Waals surface area contributed by atoms with E-state index < -0.39 is 0 Å². The highest BCUT2D eigenvalue weighted by Crippen LogP contribution is 2.19. The van der Waals surface area contributed by atoms with Gasteiger partial charge in [0.05, 0.1) is 7.11 Å². The van der Waals surface area contributed by atoms with Gasteiger partial charge in [0.25, 0.3) is 0 Å². The lowest BCUT2D eigenvalue weighted by Crippen LogP contribution is -2.22. The maximum atomic E-state index is 12.1. The first-order valence-corrected chi connectivity index (χ1v) is 6.66. The molecule has 0 saturated heterocycles. The molecular weight excluding hydrogens is 226 g/mol. The van der Waals surface area contributed by atoms with Gasteiger partial charge in [-0.25, -0.2) is 0 Å². The topological polar surface area (TPSA) is 38.3 Å². The van der Waals surface area contributed by atoms with E-state index in [2.05, 4.69) is 19.2 Å². The third kappa shape index (κ3) is 4.40. The van der Waals surface area contributed by atoms with Crippen molar-refractivity contribution in [1.82, 2.24) is 0 Å². The molecule has 0 aliphatic rings. The number of benzene rings is 1. The number of anilines is 1. The molecule has 100 valence electrons. The summed E-state index contributed by atoms with van der Waals surface area (Å²) in [6, 6.07) is 7.46. The molecular formula is C15H23NO2. The lowest BCUT2D eigenvalue weighted by molar-refractivity contribution is -0.120. The average Bonchev–Trinajstić information content (AvgIpc) is 2.40. The summed E-state index contributed by atoms with van der Waals surface area (Å²) in [6.45, 7) is 4.21. The first-order valence-electron chi connectivity index (χ1n) is 6.66. The Hall–Kier alpha value is -1.51. The van der Waals surface area contributed by atoms with Gasteiger partial charge in [0.1, 0.15) is 5.75 Å². The molecule has 1 rings (SSSR count). The summed E-state index contributed by atoms with van der Waals surface area (Å²) in [5, 5.41) is 2.96. The first kappa shape index (κ1) is 14.6. The van der Waals surface area contributed by atoms with Gasteiger partial charge in [-0.2, -0.15) is 0 Å². The Bertz CT molecular complexity index is 377. The second-order valence-corrected chi connectivity index (χ2v) is 4.47. The molecule has 0 spiro atoms.